The van der Waals surface area contributed by atoms with E-state index in [0.717, 1.165) is 45.3 Å². The summed E-state index contributed by atoms with van der Waals surface area (Å²) in [5, 5.41) is 0. The monoisotopic (exact) mass is 522 g/mol. The number of benzene rings is 3. The van der Waals surface area contributed by atoms with E-state index in [1.807, 2.05) is 80.6 Å². The van der Waals surface area contributed by atoms with Crippen LogP contribution in [0, 0.1) is 10.2 Å². The molecule has 8 heteroatoms. The molecule has 37 heavy (non-hydrogen) atoms. The van der Waals surface area contributed by atoms with E-state index in [1.54, 1.807) is 0 Å². The molecule has 1 aromatic heterocycles. The SMILES string of the molecule is CCOc1ccc(C=Cc2cc(-c3ccccc3)cc(-c3ccccc3)[o+]2)cc1OCC.[O-][Cl+3]([O-])([O-])[O-]. The van der Waals surface area contributed by atoms with Crippen molar-refractivity contribution >= 4 is 12.2 Å². The molecule has 0 saturated carbocycles. The van der Waals surface area contributed by atoms with Gasteiger partial charge in [-0.05, 0) is 55.3 Å². The van der Waals surface area contributed by atoms with Gasteiger partial charge in [-0.25, -0.2) is 23.1 Å². The van der Waals surface area contributed by atoms with Crippen molar-refractivity contribution in [2.24, 2.45) is 0 Å². The van der Waals surface area contributed by atoms with Crippen molar-refractivity contribution in [3.63, 3.8) is 0 Å². The van der Waals surface area contributed by atoms with Crippen LogP contribution in [0.1, 0.15) is 25.2 Å². The maximum absolute atomic E-state index is 8.49. The molecule has 0 unspecified atom stereocenters. The number of hydrogen-bond donors (Lipinski definition) is 0. The molecule has 0 amide bonds. The van der Waals surface area contributed by atoms with Gasteiger partial charge in [-0.3, -0.25) is 0 Å². The first-order chi connectivity index (χ1) is 17.8. The van der Waals surface area contributed by atoms with Gasteiger partial charge in [0.05, 0.1) is 30.9 Å². The van der Waals surface area contributed by atoms with Gasteiger partial charge in [-0.1, -0.05) is 54.6 Å². The van der Waals surface area contributed by atoms with Gasteiger partial charge in [-0.15, -0.1) is 10.2 Å². The highest BCUT2D eigenvalue weighted by atomic mass is 35.7. The normalized spacial score (nSPS) is 11.1. The van der Waals surface area contributed by atoms with E-state index in [4.69, 9.17) is 32.5 Å². The lowest BCUT2D eigenvalue weighted by Gasteiger charge is -2.17. The predicted octanol–water partition coefficient (Wildman–Crippen LogP) is 3.11. The average molecular weight is 523 g/mol. The summed E-state index contributed by atoms with van der Waals surface area (Å²) in [5.74, 6) is 3.11. The molecule has 0 saturated heterocycles. The Hall–Kier alpha value is -3.72. The maximum atomic E-state index is 8.49. The fourth-order valence-electron chi connectivity index (χ4n) is 3.50. The van der Waals surface area contributed by atoms with Crippen LogP contribution in [0.25, 0.3) is 34.6 Å². The molecular weight excluding hydrogens is 496 g/mol. The average Bonchev–Trinajstić information content (AvgIpc) is 2.89. The second-order valence-electron chi connectivity index (χ2n) is 7.63. The minimum absolute atomic E-state index is 0.585. The summed E-state index contributed by atoms with van der Waals surface area (Å²) in [5.41, 5.74) is 4.31. The lowest BCUT2D eigenvalue weighted by Crippen LogP contribution is -2.68. The molecular formula is C29H27ClO7. The van der Waals surface area contributed by atoms with Crippen LogP contribution in [0.15, 0.2) is 95.4 Å². The van der Waals surface area contributed by atoms with Gasteiger partial charge in [0.1, 0.15) is 0 Å². The Morgan fingerprint density at radius 3 is 1.81 bits per heavy atom. The minimum atomic E-state index is -4.94. The van der Waals surface area contributed by atoms with Crippen molar-refractivity contribution in [3.05, 3.63) is 102 Å². The van der Waals surface area contributed by atoms with Gasteiger partial charge in [0.15, 0.2) is 11.5 Å². The summed E-state index contributed by atoms with van der Waals surface area (Å²) in [6, 6.07) is 30.6. The quantitative estimate of drug-likeness (QED) is 0.326. The summed E-state index contributed by atoms with van der Waals surface area (Å²) in [6.07, 6.45) is 4.02. The molecule has 0 fully saturated rings. The lowest BCUT2D eigenvalue weighted by molar-refractivity contribution is -2.00. The molecule has 4 aromatic rings. The number of rotatable bonds is 8. The van der Waals surface area contributed by atoms with Crippen molar-refractivity contribution in [3.8, 4) is 33.9 Å². The van der Waals surface area contributed by atoms with Crippen molar-refractivity contribution in [1.29, 1.82) is 0 Å². The topological polar surface area (TPSA) is 122 Å². The summed E-state index contributed by atoms with van der Waals surface area (Å²) in [7, 11) is -4.94. The van der Waals surface area contributed by atoms with E-state index in [9.17, 15) is 0 Å². The smallest absolute Gasteiger partial charge is 0.361 e. The number of hydrogen-bond acceptors (Lipinski definition) is 6. The fraction of sp³-hybridized carbons (Fsp3) is 0.138. The molecule has 3 aromatic carbocycles. The summed E-state index contributed by atoms with van der Waals surface area (Å²) >= 11 is 0. The molecule has 7 nitrogen and oxygen atoms in total. The Balaban J connectivity index is 0.000000695. The van der Waals surface area contributed by atoms with Crippen molar-refractivity contribution in [1.82, 2.24) is 0 Å². The van der Waals surface area contributed by atoms with Crippen LogP contribution in [0.4, 0.5) is 0 Å². The first-order valence-corrected chi connectivity index (χ1v) is 12.8. The fourth-order valence-corrected chi connectivity index (χ4v) is 3.50. The zero-order valence-electron chi connectivity index (χ0n) is 20.5. The molecule has 0 atom stereocenters. The highest BCUT2D eigenvalue weighted by Gasteiger charge is 2.17. The van der Waals surface area contributed by atoms with Crippen LogP contribution in [-0.2, 0) is 0 Å². The van der Waals surface area contributed by atoms with Gasteiger partial charge in [0, 0.05) is 11.6 Å². The standard InChI is InChI=1S/C29H27O3.ClHO4/c1-3-30-27-18-16-22(19-29(27)31-4-2)15-17-26-20-25(23-11-7-5-8-12-23)21-28(32-26)24-13-9-6-10-14-24;2-1(3,4)5/h5-21H,3-4H2,1-2H3;(H,2,3,4,5)/q+1;/p-1. The van der Waals surface area contributed by atoms with E-state index in [0.29, 0.717) is 13.2 Å². The molecule has 0 bridgehead atoms. The van der Waals surface area contributed by atoms with Crippen LogP contribution in [0.5, 0.6) is 11.5 Å². The first kappa shape index (κ1) is 27.9. The second-order valence-corrected chi connectivity index (χ2v) is 8.38. The van der Waals surface area contributed by atoms with Gasteiger partial charge in [0.2, 0.25) is 0 Å². The summed E-state index contributed by atoms with van der Waals surface area (Å²) in [4.78, 5) is 0. The van der Waals surface area contributed by atoms with Gasteiger partial charge in [-0.2, -0.15) is 0 Å². The molecule has 0 aliphatic rings. The molecule has 0 spiro atoms. The highest BCUT2D eigenvalue weighted by Crippen LogP contribution is 2.31. The Bertz CT molecular complexity index is 1220. The van der Waals surface area contributed by atoms with E-state index in [2.05, 4.69) is 36.4 Å². The Kier molecular flexibility index (Phi) is 10.2. The third-order valence-electron chi connectivity index (χ3n) is 4.99. The maximum Gasteiger partial charge on any atom is 0.361 e. The lowest BCUT2D eigenvalue weighted by atomic mass is 10.0. The van der Waals surface area contributed by atoms with E-state index < -0.39 is 10.2 Å². The third-order valence-corrected chi connectivity index (χ3v) is 4.99. The van der Waals surface area contributed by atoms with Crippen molar-refractivity contribution in [2.45, 2.75) is 13.8 Å². The van der Waals surface area contributed by atoms with Crippen LogP contribution < -0.4 is 28.1 Å². The molecule has 0 radical (unpaired) electrons. The zero-order chi connectivity index (χ0) is 26.7. The Morgan fingerprint density at radius 1 is 0.649 bits per heavy atom. The Labute approximate surface area is 218 Å². The summed E-state index contributed by atoms with van der Waals surface area (Å²) in [6.45, 7) is 5.12. The highest BCUT2D eigenvalue weighted by molar-refractivity contribution is 5.75. The molecule has 192 valence electrons. The molecule has 0 aliphatic carbocycles. The third kappa shape index (κ3) is 9.34. The number of halogens is 1. The van der Waals surface area contributed by atoms with Gasteiger partial charge < -0.3 is 9.47 Å². The van der Waals surface area contributed by atoms with Crippen LogP contribution in [0.3, 0.4) is 0 Å². The molecule has 0 aliphatic heterocycles. The van der Waals surface area contributed by atoms with Crippen molar-refractivity contribution < 1.29 is 42.8 Å². The molecule has 4 rings (SSSR count). The molecule has 1 heterocycles. The predicted molar refractivity (Wildman–Crippen MR) is 132 cm³/mol. The summed E-state index contributed by atoms with van der Waals surface area (Å²) < 4.78 is 51.6. The largest absolute Gasteiger partial charge is 0.490 e. The first-order valence-electron chi connectivity index (χ1n) is 11.6. The van der Waals surface area contributed by atoms with Crippen LogP contribution in [-0.4, -0.2) is 13.2 Å². The Morgan fingerprint density at radius 2 is 1.22 bits per heavy atom. The number of ether oxygens (including phenoxy) is 2. The minimum Gasteiger partial charge on any atom is -0.490 e. The van der Waals surface area contributed by atoms with Crippen LogP contribution >= 0.6 is 0 Å². The molecule has 0 N–H and O–H groups in total. The van der Waals surface area contributed by atoms with E-state index in [-0.39, 0.29) is 0 Å². The van der Waals surface area contributed by atoms with E-state index in [1.165, 1.54) is 0 Å². The zero-order valence-corrected chi connectivity index (χ0v) is 21.2. The van der Waals surface area contributed by atoms with Crippen LogP contribution in [0.2, 0.25) is 0 Å². The van der Waals surface area contributed by atoms with E-state index >= 15 is 0 Å². The van der Waals surface area contributed by atoms with Gasteiger partial charge in [0.25, 0.3) is 0 Å². The van der Waals surface area contributed by atoms with Gasteiger partial charge >= 0.3 is 11.5 Å². The van der Waals surface area contributed by atoms with Crippen molar-refractivity contribution in [2.75, 3.05) is 13.2 Å². The second kappa shape index (κ2) is 13.5.